The van der Waals surface area contributed by atoms with E-state index in [2.05, 4.69) is 23.7 Å². The zero-order valence-electron chi connectivity index (χ0n) is 17.8. The largest absolute Gasteiger partial charge is 0.302 e. The van der Waals surface area contributed by atoms with Crippen molar-refractivity contribution in [1.82, 2.24) is 9.88 Å². The number of carbonyl (C=O) groups excluding carboxylic acids is 1. The van der Waals surface area contributed by atoms with Gasteiger partial charge in [0.2, 0.25) is 5.91 Å². The van der Waals surface area contributed by atoms with E-state index in [-0.39, 0.29) is 4.90 Å². The average Bonchev–Trinajstić information content (AvgIpc) is 3.20. The Bertz CT molecular complexity index is 1120. The Morgan fingerprint density at radius 2 is 1.74 bits per heavy atom. The van der Waals surface area contributed by atoms with Crippen LogP contribution in [-0.2, 0) is 14.6 Å². The van der Waals surface area contributed by atoms with Gasteiger partial charge in [-0.25, -0.2) is 13.4 Å². The van der Waals surface area contributed by atoms with Crippen LogP contribution in [0.15, 0.2) is 47.4 Å². The number of likely N-dealkylation sites (N-methyl/N-ethyl adjacent to an activating group) is 1. The number of hydrogen-bond donors (Lipinski definition) is 0. The van der Waals surface area contributed by atoms with Crippen molar-refractivity contribution < 1.29 is 13.2 Å². The molecule has 1 aromatic heterocycles. The number of aryl methyl sites for hydroxylation is 1. The van der Waals surface area contributed by atoms with E-state index < -0.39 is 21.5 Å². The third-order valence-corrected chi connectivity index (χ3v) is 8.32. The lowest BCUT2D eigenvalue weighted by Crippen LogP contribution is -2.41. The highest BCUT2D eigenvalue weighted by atomic mass is 35.5. The summed E-state index contributed by atoms with van der Waals surface area (Å²) in [5.41, 5.74) is 1.69. The molecule has 0 radical (unpaired) electrons. The first-order chi connectivity index (χ1) is 14.8. The Kier molecular flexibility index (Phi) is 7.69. The monoisotopic (exact) mass is 479 g/mol. The van der Waals surface area contributed by atoms with Gasteiger partial charge in [0, 0.05) is 13.1 Å². The van der Waals surface area contributed by atoms with E-state index in [0.717, 1.165) is 28.9 Å². The molecule has 0 bridgehead atoms. The van der Waals surface area contributed by atoms with Crippen LogP contribution in [-0.4, -0.2) is 56.1 Å². The van der Waals surface area contributed by atoms with Crippen molar-refractivity contribution in [3.8, 4) is 0 Å². The van der Waals surface area contributed by atoms with Gasteiger partial charge >= 0.3 is 0 Å². The van der Waals surface area contributed by atoms with Crippen LogP contribution in [0.5, 0.6) is 0 Å². The van der Waals surface area contributed by atoms with Gasteiger partial charge in [0.15, 0.2) is 15.0 Å². The molecule has 3 aromatic rings. The minimum absolute atomic E-state index is 0.134. The van der Waals surface area contributed by atoms with Crippen molar-refractivity contribution in [2.45, 2.75) is 25.7 Å². The number of anilines is 1. The van der Waals surface area contributed by atoms with Crippen LogP contribution in [0, 0.1) is 6.92 Å². The molecule has 0 aliphatic rings. The number of hydrogen-bond acceptors (Lipinski definition) is 6. The quantitative estimate of drug-likeness (QED) is 0.454. The molecule has 0 atom stereocenters. The predicted molar refractivity (Wildman–Crippen MR) is 128 cm³/mol. The Morgan fingerprint density at radius 3 is 2.35 bits per heavy atom. The number of rotatable bonds is 9. The highest BCUT2D eigenvalue weighted by Crippen LogP contribution is 2.35. The second-order valence-corrected chi connectivity index (χ2v) is 10.6. The number of carbonyl (C=O) groups is 1. The molecule has 0 saturated heterocycles. The molecule has 0 saturated carbocycles. The van der Waals surface area contributed by atoms with Crippen LogP contribution in [0.1, 0.15) is 19.4 Å². The Hall–Kier alpha value is -2.00. The predicted octanol–water partition coefficient (Wildman–Crippen LogP) is 4.41. The second-order valence-electron chi connectivity index (χ2n) is 7.18. The summed E-state index contributed by atoms with van der Waals surface area (Å²) < 4.78 is 26.4. The van der Waals surface area contributed by atoms with Crippen molar-refractivity contribution in [3.63, 3.8) is 0 Å². The average molecular weight is 480 g/mol. The van der Waals surface area contributed by atoms with E-state index in [1.165, 1.54) is 28.4 Å². The minimum atomic E-state index is -3.76. The number of aromatic nitrogens is 1. The number of nitrogens with zero attached hydrogens (tertiary/aromatic N) is 3. The molecule has 9 heteroatoms. The molecule has 1 heterocycles. The van der Waals surface area contributed by atoms with Crippen LogP contribution in [0.4, 0.5) is 5.13 Å². The summed E-state index contributed by atoms with van der Waals surface area (Å²) in [5.74, 6) is -1.11. The first-order valence-electron chi connectivity index (χ1n) is 10.1. The highest BCUT2D eigenvalue weighted by Gasteiger charge is 2.27. The van der Waals surface area contributed by atoms with Gasteiger partial charge in [-0.3, -0.25) is 9.69 Å². The van der Waals surface area contributed by atoms with E-state index in [1.807, 2.05) is 19.1 Å². The molecular formula is C22H26ClN3O3S2. The van der Waals surface area contributed by atoms with Crippen molar-refractivity contribution in [2.24, 2.45) is 0 Å². The van der Waals surface area contributed by atoms with E-state index in [9.17, 15) is 13.2 Å². The Balaban J connectivity index is 1.95. The van der Waals surface area contributed by atoms with Gasteiger partial charge in [-0.05, 0) is 43.8 Å². The van der Waals surface area contributed by atoms with E-state index in [1.54, 1.807) is 18.2 Å². The summed E-state index contributed by atoms with van der Waals surface area (Å²) in [6, 6.07) is 11.7. The first kappa shape index (κ1) is 23.7. The lowest BCUT2D eigenvalue weighted by molar-refractivity contribution is -0.116. The molecule has 0 aliphatic carbocycles. The van der Waals surface area contributed by atoms with Crippen LogP contribution in [0.25, 0.3) is 10.2 Å². The van der Waals surface area contributed by atoms with E-state index in [0.29, 0.717) is 23.2 Å². The van der Waals surface area contributed by atoms with Crippen molar-refractivity contribution >= 4 is 54.0 Å². The van der Waals surface area contributed by atoms with Crippen molar-refractivity contribution in [3.05, 3.63) is 53.1 Å². The Morgan fingerprint density at radius 1 is 1.06 bits per heavy atom. The molecule has 0 N–H and O–H groups in total. The highest BCUT2D eigenvalue weighted by molar-refractivity contribution is 7.92. The van der Waals surface area contributed by atoms with Crippen molar-refractivity contribution in [1.29, 1.82) is 0 Å². The first-order valence-corrected chi connectivity index (χ1v) is 13.0. The van der Waals surface area contributed by atoms with Crippen LogP contribution >= 0.6 is 22.9 Å². The third kappa shape index (κ3) is 5.44. The minimum Gasteiger partial charge on any atom is -0.302 e. The number of amides is 1. The fourth-order valence-corrected chi connectivity index (χ4v) is 5.85. The fourth-order valence-electron chi connectivity index (χ4n) is 3.27. The van der Waals surface area contributed by atoms with Crippen molar-refractivity contribution in [2.75, 3.05) is 36.8 Å². The van der Waals surface area contributed by atoms with E-state index in [4.69, 9.17) is 11.6 Å². The molecule has 0 spiro atoms. The summed E-state index contributed by atoms with van der Waals surface area (Å²) in [6.07, 6.45) is 0. The molecule has 1 amide bonds. The smallest absolute Gasteiger partial charge is 0.244 e. The topological polar surface area (TPSA) is 70.6 Å². The lowest BCUT2D eigenvalue weighted by atomic mass is 10.2. The maximum Gasteiger partial charge on any atom is 0.244 e. The molecular weight excluding hydrogens is 454 g/mol. The molecule has 31 heavy (non-hydrogen) atoms. The normalized spacial score (nSPS) is 11.9. The molecule has 0 unspecified atom stereocenters. The maximum absolute atomic E-state index is 13.2. The zero-order valence-corrected chi connectivity index (χ0v) is 20.2. The molecule has 0 aliphatic heterocycles. The maximum atomic E-state index is 13.2. The summed E-state index contributed by atoms with van der Waals surface area (Å²) in [7, 11) is -3.76. The standard InChI is InChI=1S/C22H26ClN3O3S2/c1-4-25(5-2)13-14-26(19(27)15-31(28,29)17-9-7-6-8-10-17)22-24-20-16(3)11-12-18(23)21(20)30-22/h6-12H,4-5,13-15H2,1-3H3. The van der Waals surface area contributed by atoms with Gasteiger partial charge in [0.1, 0.15) is 5.75 Å². The number of halogens is 1. The molecule has 0 fully saturated rings. The van der Waals surface area contributed by atoms with Crippen LogP contribution < -0.4 is 4.90 Å². The molecule has 166 valence electrons. The summed E-state index contributed by atoms with van der Waals surface area (Å²) in [5, 5.41) is 1.03. The lowest BCUT2D eigenvalue weighted by Gasteiger charge is -2.24. The fraction of sp³-hybridized carbons (Fsp3) is 0.364. The SMILES string of the molecule is CCN(CC)CCN(C(=O)CS(=O)(=O)c1ccccc1)c1nc2c(C)ccc(Cl)c2s1. The van der Waals surface area contributed by atoms with Gasteiger partial charge in [-0.1, -0.05) is 61.1 Å². The zero-order chi connectivity index (χ0) is 22.6. The van der Waals surface area contributed by atoms with Gasteiger partial charge in [0.25, 0.3) is 0 Å². The summed E-state index contributed by atoms with van der Waals surface area (Å²) in [4.78, 5) is 21.7. The second kappa shape index (κ2) is 10.1. The number of benzene rings is 2. The van der Waals surface area contributed by atoms with Gasteiger partial charge in [-0.2, -0.15) is 0 Å². The van der Waals surface area contributed by atoms with Gasteiger partial charge in [-0.15, -0.1) is 0 Å². The number of sulfone groups is 1. The number of thiazole rings is 1. The van der Waals surface area contributed by atoms with Crippen LogP contribution in [0.3, 0.4) is 0 Å². The summed E-state index contributed by atoms with van der Waals surface area (Å²) in [6.45, 7) is 8.68. The van der Waals surface area contributed by atoms with E-state index >= 15 is 0 Å². The molecule has 3 rings (SSSR count). The van der Waals surface area contributed by atoms with Crippen LogP contribution in [0.2, 0.25) is 5.02 Å². The third-order valence-electron chi connectivity index (χ3n) is 5.17. The summed E-state index contributed by atoms with van der Waals surface area (Å²) >= 11 is 7.66. The molecule has 2 aromatic carbocycles. The molecule has 6 nitrogen and oxygen atoms in total. The Labute approximate surface area is 192 Å². The van der Waals surface area contributed by atoms with Gasteiger partial charge in [0.05, 0.1) is 20.1 Å². The number of fused-ring (bicyclic) bond motifs is 1. The van der Waals surface area contributed by atoms with Gasteiger partial charge < -0.3 is 4.90 Å².